The summed E-state index contributed by atoms with van der Waals surface area (Å²) in [5.41, 5.74) is 0.575. The van der Waals surface area contributed by atoms with E-state index in [0.717, 1.165) is 6.42 Å². The summed E-state index contributed by atoms with van der Waals surface area (Å²) in [6.45, 7) is 4.43. The Hall–Kier alpha value is -1.34. The Bertz CT molecular complexity index is 426. The van der Waals surface area contributed by atoms with Crippen LogP contribution in [0.3, 0.4) is 0 Å². The quantitative estimate of drug-likeness (QED) is 0.780. The molecule has 2 atom stereocenters. The molecule has 0 aromatic heterocycles. The Balaban J connectivity index is 2.41. The minimum atomic E-state index is -0.836. The van der Waals surface area contributed by atoms with Crippen LogP contribution in [0.15, 0.2) is 24.3 Å². The summed E-state index contributed by atoms with van der Waals surface area (Å²) in [5.74, 6) is 1.19. The molecule has 0 aliphatic rings. The van der Waals surface area contributed by atoms with Crippen LogP contribution in [0.2, 0.25) is 0 Å². The summed E-state index contributed by atoms with van der Waals surface area (Å²) in [6, 6.07) is 9.04. The summed E-state index contributed by atoms with van der Waals surface area (Å²) >= 11 is 0. The van der Waals surface area contributed by atoms with E-state index in [1.807, 2.05) is 13.8 Å². The molecule has 0 spiro atoms. The second-order valence-electron chi connectivity index (χ2n) is 3.79. The molecule has 1 aromatic carbocycles. The minimum Gasteiger partial charge on any atom is -0.493 e. The first-order valence-corrected chi connectivity index (χ1v) is 7.05. The molecule has 0 saturated carbocycles. The van der Waals surface area contributed by atoms with E-state index < -0.39 is 10.8 Å². The predicted molar refractivity (Wildman–Crippen MR) is 69.4 cm³/mol. The zero-order valence-corrected chi connectivity index (χ0v) is 11.0. The average molecular weight is 251 g/mol. The smallest absolute Gasteiger partial charge is 0.120 e. The van der Waals surface area contributed by atoms with Gasteiger partial charge in [-0.15, -0.1) is 0 Å². The first-order valence-electron chi connectivity index (χ1n) is 5.67. The molecule has 1 aromatic rings. The third kappa shape index (κ3) is 4.58. The molecule has 0 amide bonds. The highest BCUT2D eigenvalue weighted by Crippen LogP contribution is 2.12. The Labute approximate surface area is 105 Å². The van der Waals surface area contributed by atoms with Crippen LogP contribution >= 0.6 is 0 Å². The summed E-state index contributed by atoms with van der Waals surface area (Å²) in [6.07, 6.45) is 0.913. The van der Waals surface area contributed by atoms with E-state index in [4.69, 9.17) is 10.00 Å². The molecule has 0 radical (unpaired) electrons. The molecule has 0 saturated heterocycles. The molecule has 0 fully saturated rings. The maximum Gasteiger partial charge on any atom is 0.120 e. The molecular weight excluding hydrogens is 234 g/mol. The van der Waals surface area contributed by atoms with Crippen LogP contribution in [-0.2, 0) is 10.8 Å². The van der Waals surface area contributed by atoms with E-state index in [2.05, 4.69) is 6.07 Å². The normalized spacial score (nSPS) is 13.7. The molecule has 0 heterocycles. The minimum absolute atomic E-state index is 0.212. The number of benzene rings is 1. The van der Waals surface area contributed by atoms with Crippen molar-refractivity contribution in [2.75, 3.05) is 12.4 Å². The van der Waals surface area contributed by atoms with Crippen molar-refractivity contribution in [1.82, 2.24) is 0 Å². The number of nitrogens with zero attached hydrogens (tertiary/aromatic N) is 1. The number of ether oxygens (including phenoxy) is 1. The lowest BCUT2D eigenvalue weighted by molar-refractivity contribution is 0.342. The number of nitriles is 1. The summed E-state index contributed by atoms with van der Waals surface area (Å²) in [4.78, 5) is 0. The van der Waals surface area contributed by atoms with Crippen molar-refractivity contribution < 1.29 is 8.95 Å². The van der Waals surface area contributed by atoms with Gasteiger partial charge in [0.25, 0.3) is 0 Å². The highest BCUT2D eigenvalue weighted by atomic mass is 32.2. The topological polar surface area (TPSA) is 50.1 Å². The summed E-state index contributed by atoms with van der Waals surface area (Å²) in [7, 11) is -0.836. The lowest BCUT2D eigenvalue weighted by Crippen LogP contribution is -2.17. The number of hydrogen-bond acceptors (Lipinski definition) is 3. The van der Waals surface area contributed by atoms with E-state index in [1.54, 1.807) is 24.3 Å². The standard InChI is InChI=1S/C13H17NO2S/c1-3-11(2)17(15)8-7-16-13-6-4-5-12(9-13)10-14/h4-6,9,11H,3,7-8H2,1-2H3. The van der Waals surface area contributed by atoms with Gasteiger partial charge in [-0.2, -0.15) is 5.26 Å². The van der Waals surface area contributed by atoms with Gasteiger partial charge in [-0.3, -0.25) is 4.21 Å². The van der Waals surface area contributed by atoms with E-state index in [0.29, 0.717) is 23.7 Å². The first-order chi connectivity index (χ1) is 8.17. The largest absolute Gasteiger partial charge is 0.493 e. The Morgan fingerprint density at radius 3 is 2.94 bits per heavy atom. The van der Waals surface area contributed by atoms with Gasteiger partial charge >= 0.3 is 0 Å². The van der Waals surface area contributed by atoms with E-state index in [-0.39, 0.29) is 5.25 Å². The second-order valence-corrected chi connectivity index (χ2v) is 5.77. The number of rotatable bonds is 6. The van der Waals surface area contributed by atoms with Crippen LogP contribution in [0.5, 0.6) is 5.75 Å². The van der Waals surface area contributed by atoms with Crippen molar-refractivity contribution in [1.29, 1.82) is 5.26 Å². The van der Waals surface area contributed by atoms with E-state index >= 15 is 0 Å². The third-order valence-corrected chi connectivity index (χ3v) is 4.34. The van der Waals surface area contributed by atoms with Crippen LogP contribution in [0.4, 0.5) is 0 Å². The van der Waals surface area contributed by atoms with E-state index in [1.165, 1.54) is 0 Å². The van der Waals surface area contributed by atoms with Crippen molar-refractivity contribution in [2.24, 2.45) is 0 Å². The molecule has 2 unspecified atom stereocenters. The maximum atomic E-state index is 11.7. The SMILES string of the molecule is CCC(C)S(=O)CCOc1cccc(C#N)c1. The van der Waals surface area contributed by atoms with Gasteiger partial charge in [-0.05, 0) is 24.6 Å². The molecule has 1 rings (SSSR count). The van der Waals surface area contributed by atoms with Gasteiger partial charge in [-0.25, -0.2) is 0 Å². The monoisotopic (exact) mass is 251 g/mol. The molecule has 0 N–H and O–H groups in total. The fraction of sp³-hybridized carbons (Fsp3) is 0.462. The van der Waals surface area contributed by atoms with Crippen LogP contribution in [-0.4, -0.2) is 21.8 Å². The zero-order valence-electron chi connectivity index (χ0n) is 10.2. The lowest BCUT2D eigenvalue weighted by atomic mass is 10.2. The maximum absolute atomic E-state index is 11.7. The fourth-order valence-electron chi connectivity index (χ4n) is 1.28. The molecule has 17 heavy (non-hydrogen) atoms. The van der Waals surface area contributed by atoms with Gasteiger partial charge in [0.1, 0.15) is 5.75 Å². The highest BCUT2D eigenvalue weighted by Gasteiger charge is 2.08. The Kier molecular flexibility index (Phi) is 5.71. The van der Waals surface area contributed by atoms with Gasteiger partial charge in [0.15, 0.2) is 0 Å². The highest BCUT2D eigenvalue weighted by molar-refractivity contribution is 7.85. The Morgan fingerprint density at radius 2 is 2.29 bits per heavy atom. The van der Waals surface area contributed by atoms with Gasteiger partial charge in [0.05, 0.1) is 24.0 Å². The average Bonchev–Trinajstić information content (AvgIpc) is 2.37. The molecule has 0 aliphatic carbocycles. The van der Waals surface area contributed by atoms with Crippen molar-refractivity contribution >= 4 is 10.8 Å². The predicted octanol–water partition coefficient (Wildman–Crippen LogP) is 2.48. The molecule has 3 nitrogen and oxygen atoms in total. The molecule has 92 valence electrons. The molecule has 4 heteroatoms. The zero-order chi connectivity index (χ0) is 12.7. The van der Waals surface area contributed by atoms with Crippen LogP contribution in [0, 0.1) is 11.3 Å². The fourth-order valence-corrected chi connectivity index (χ4v) is 2.31. The van der Waals surface area contributed by atoms with Crippen LogP contribution in [0.25, 0.3) is 0 Å². The molecular formula is C13H17NO2S. The van der Waals surface area contributed by atoms with Crippen molar-refractivity contribution in [3.05, 3.63) is 29.8 Å². The van der Waals surface area contributed by atoms with Gasteiger partial charge < -0.3 is 4.74 Å². The summed E-state index contributed by atoms with van der Waals surface area (Å²) < 4.78 is 17.1. The lowest BCUT2D eigenvalue weighted by Gasteiger charge is -2.09. The Morgan fingerprint density at radius 1 is 1.53 bits per heavy atom. The van der Waals surface area contributed by atoms with Gasteiger partial charge in [0.2, 0.25) is 0 Å². The molecule has 0 aliphatic heterocycles. The van der Waals surface area contributed by atoms with Crippen molar-refractivity contribution in [3.63, 3.8) is 0 Å². The van der Waals surface area contributed by atoms with Gasteiger partial charge in [-0.1, -0.05) is 19.9 Å². The van der Waals surface area contributed by atoms with Crippen LogP contribution in [0.1, 0.15) is 25.8 Å². The second kappa shape index (κ2) is 7.08. The van der Waals surface area contributed by atoms with Crippen molar-refractivity contribution in [2.45, 2.75) is 25.5 Å². The van der Waals surface area contributed by atoms with Crippen LogP contribution < -0.4 is 4.74 Å². The van der Waals surface area contributed by atoms with Gasteiger partial charge in [0, 0.05) is 16.0 Å². The molecule has 0 bridgehead atoms. The number of hydrogen-bond donors (Lipinski definition) is 0. The van der Waals surface area contributed by atoms with Crippen molar-refractivity contribution in [3.8, 4) is 11.8 Å². The van der Waals surface area contributed by atoms with E-state index in [9.17, 15) is 4.21 Å². The summed E-state index contributed by atoms with van der Waals surface area (Å²) in [5, 5.41) is 8.94. The first kappa shape index (κ1) is 13.7. The third-order valence-electron chi connectivity index (χ3n) is 2.54.